The highest BCUT2D eigenvalue weighted by atomic mass is 16.3. The number of hydrogen-bond acceptors (Lipinski definition) is 9. The molecule has 4 rings (SSSR count). The van der Waals surface area contributed by atoms with E-state index in [1.54, 1.807) is 23.1 Å². The smallest absolute Gasteiger partial charge is 0.246 e. The van der Waals surface area contributed by atoms with Crippen molar-refractivity contribution in [1.29, 1.82) is 0 Å². The summed E-state index contributed by atoms with van der Waals surface area (Å²) in [6.45, 7) is 9.86. The molecular weight excluding hydrogens is 574 g/mol. The second-order valence-corrected chi connectivity index (χ2v) is 13.5. The number of carbonyl (C=O) groups excluding carboxylic acids is 3. The fourth-order valence-electron chi connectivity index (χ4n) is 6.15. The number of aromatic hydroxyl groups is 1. The maximum Gasteiger partial charge on any atom is 0.246 e. The molecule has 0 bridgehead atoms. The number of para-hydroxylation sites is 1. The number of piperidine rings is 1. The molecule has 246 valence electrons. The number of nitrogens with zero attached hydrogens (tertiary/aromatic N) is 4. The molecule has 0 saturated carbocycles. The van der Waals surface area contributed by atoms with E-state index in [1.807, 2.05) is 39.8 Å². The summed E-state index contributed by atoms with van der Waals surface area (Å²) in [4.78, 5) is 42.6. The molecule has 12 nitrogen and oxygen atoms in total. The predicted octanol–water partition coefficient (Wildman–Crippen LogP) is 2.84. The van der Waals surface area contributed by atoms with Gasteiger partial charge in [0.25, 0.3) is 0 Å². The fraction of sp³-hybridized carbons (Fsp3) is 0.606. The first-order chi connectivity index (χ1) is 21.3. The summed E-state index contributed by atoms with van der Waals surface area (Å²) in [7, 11) is 0. The number of nitrogen functional groups attached to an aromatic ring is 1. The number of aliphatic hydroxyl groups excluding tert-OH is 1. The van der Waals surface area contributed by atoms with Crippen molar-refractivity contribution in [3.05, 3.63) is 30.3 Å². The third kappa shape index (κ3) is 8.84. The average Bonchev–Trinajstić information content (AvgIpc) is 3.34. The van der Waals surface area contributed by atoms with Gasteiger partial charge in [0.05, 0.1) is 17.5 Å². The van der Waals surface area contributed by atoms with E-state index in [9.17, 15) is 24.6 Å². The Morgan fingerprint density at radius 1 is 1.09 bits per heavy atom. The van der Waals surface area contributed by atoms with Gasteiger partial charge in [-0.1, -0.05) is 39.3 Å². The van der Waals surface area contributed by atoms with Gasteiger partial charge < -0.3 is 36.4 Å². The number of anilines is 2. The Morgan fingerprint density at radius 3 is 2.44 bits per heavy atom. The van der Waals surface area contributed by atoms with Gasteiger partial charge in [-0.3, -0.25) is 14.4 Å². The molecule has 0 radical (unpaired) electrons. The maximum atomic E-state index is 13.2. The van der Waals surface area contributed by atoms with Crippen LogP contribution in [0.2, 0.25) is 0 Å². The van der Waals surface area contributed by atoms with Crippen LogP contribution in [-0.2, 0) is 14.4 Å². The number of benzene rings is 1. The molecule has 2 fully saturated rings. The third-order valence-corrected chi connectivity index (χ3v) is 8.82. The highest BCUT2D eigenvalue weighted by molar-refractivity contribution is 5.88. The van der Waals surface area contributed by atoms with Gasteiger partial charge in [-0.05, 0) is 62.6 Å². The molecule has 2 aliphatic rings. The Kier molecular flexibility index (Phi) is 11.2. The van der Waals surface area contributed by atoms with E-state index in [4.69, 9.17) is 5.73 Å². The summed E-state index contributed by atoms with van der Waals surface area (Å²) in [6.07, 6.45) is 3.90. The van der Waals surface area contributed by atoms with Crippen LogP contribution in [0.4, 0.5) is 11.5 Å². The lowest BCUT2D eigenvalue weighted by Crippen LogP contribution is -2.55. The summed E-state index contributed by atoms with van der Waals surface area (Å²) >= 11 is 0. The van der Waals surface area contributed by atoms with Crippen LogP contribution in [0.15, 0.2) is 30.3 Å². The van der Waals surface area contributed by atoms with E-state index in [2.05, 4.69) is 25.7 Å². The highest BCUT2D eigenvalue weighted by Gasteiger charge is 2.40. The van der Waals surface area contributed by atoms with E-state index in [0.29, 0.717) is 75.4 Å². The number of amides is 3. The molecule has 2 aliphatic heterocycles. The lowest BCUT2D eigenvalue weighted by Gasteiger charge is -2.35. The van der Waals surface area contributed by atoms with E-state index < -0.39 is 17.6 Å². The minimum Gasteiger partial charge on any atom is -0.507 e. The van der Waals surface area contributed by atoms with Crippen molar-refractivity contribution in [2.45, 2.75) is 90.8 Å². The van der Waals surface area contributed by atoms with Gasteiger partial charge in [-0.2, -0.15) is 0 Å². The number of aromatic nitrogens is 2. The summed E-state index contributed by atoms with van der Waals surface area (Å²) < 4.78 is 0. The fourth-order valence-corrected chi connectivity index (χ4v) is 6.15. The topological polar surface area (TPSA) is 174 Å². The normalized spacial score (nSPS) is 19.8. The first kappa shape index (κ1) is 34.0. The predicted molar refractivity (Wildman–Crippen MR) is 173 cm³/mol. The zero-order valence-corrected chi connectivity index (χ0v) is 27.0. The number of rotatable bonds is 11. The summed E-state index contributed by atoms with van der Waals surface area (Å²) in [5, 5.41) is 34.4. The first-order valence-corrected chi connectivity index (χ1v) is 16.1. The molecule has 2 aromatic rings. The van der Waals surface area contributed by atoms with E-state index >= 15 is 0 Å². The number of aliphatic hydroxyl groups is 1. The van der Waals surface area contributed by atoms with E-state index in [1.165, 1.54) is 0 Å². The number of carbonyl (C=O) groups is 3. The Morgan fingerprint density at radius 2 is 1.80 bits per heavy atom. The van der Waals surface area contributed by atoms with Crippen molar-refractivity contribution in [3.63, 3.8) is 0 Å². The largest absolute Gasteiger partial charge is 0.507 e. The molecule has 12 heteroatoms. The minimum absolute atomic E-state index is 0.0379. The van der Waals surface area contributed by atoms with Crippen LogP contribution in [0.25, 0.3) is 11.3 Å². The van der Waals surface area contributed by atoms with Crippen LogP contribution < -0.4 is 21.3 Å². The molecule has 6 N–H and O–H groups in total. The van der Waals surface area contributed by atoms with Crippen LogP contribution in [0.1, 0.15) is 72.6 Å². The monoisotopic (exact) mass is 623 g/mol. The lowest BCUT2D eigenvalue weighted by molar-refractivity contribution is -0.140. The maximum absolute atomic E-state index is 13.2. The minimum atomic E-state index is -0.658. The summed E-state index contributed by atoms with van der Waals surface area (Å²) in [5.41, 5.74) is 7.54. The second kappa shape index (κ2) is 14.9. The lowest BCUT2D eigenvalue weighted by atomic mass is 9.85. The molecule has 0 spiro atoms. The number of β-amino-alcohol motifs (C(OH)–C–C–N with tert-alkyl or cyclic N) is 1. The average molecular weight is 624 g/mol. The van der Waals surface area contributed by atoms with E-state index in [0.717, 1.165) is 18.5 Å². The Hall–Kier alpha value is -3.93. The molecule has 0 unspecified atom stereocenters. The van der Waals surface area contributed by atoms with Gasteiger partial charge in [-0.15, -0.1) is 10.2 Å². The number of unbranched alkanes of at least 4 members (excludes halogenated alkanes) is 2. The van der Waals surface area contributed by atoms with Crippen LogP contribution in [-0.4, -0.2) is 87.4 Å². The zero-order valence-electron chi connectivity index (χ0n) is 27.0. The van der Waals surface area contributed by atoms with Crippen LogP contribution in [0, 0.1) is 11.3 Å². The standard InChI is InChI=1S/C33H49N7O5/c1-21-18-23(41)20-40(21)32(45)29(33(2,3)4)36-28(43)12-6-5-9-15-35-31(44)22-13-16-39(17-14-22)26-19-25(37-38-30(26)34)24-10-7-8-11-27(24)42/h7-8,10-11,19,21-23,29,41-42H,5-6,9,12-18,20H2,1-4H3,(H2,34,38)(H,35,44)(H,36,43)/t21-,23-,29-/m1/s1. The third-order valence-electron chi connectivity index (χ3n) is 8.82. The molecule has 45 heavy (non-hydrogen) atoms. The first-order valence-electron chi connectivity index (χ1n) is 16.1. The molecule has 3 amide bonds. The van der Waals surface area contributed by atoms with Crippen LogP contribution in [0.3, 0.4) is 0 Å². The number of phenolic OH excluding ortho intramolecular Hbond substituents is 1. The molecular formula is C33H49N7O5. The molecule has 1 aromatic carbocycles. The van der Waals surface area contributed by atoms with Crippen LogP contribution in [0.5, 0.6) is 5.75 Å². The van der Waals surface area contributed by atoms with Crippen molar-refractivity contribution < 1.29 is 24.6 Å². The number of likely N-dealkylation sites (tertiary alicyclic amines) is 1. The summed E-state index contributed by atoms with van der Waals surface area (Å²) in [5.74, 6) is 0.0719. The molecule has 2 saturated heterocycles. The van der Waals surface area contributed by atoms with Crippen molar-refractivity contribution in [2.75, 3.05) is 36.8 Å². The number of phenols is 1. The van der Waals surface area contributed by atoms with Gasteiger partial charge >= 0.3 is 0 Å². The number of nitrogens with two attached hydrogens (primary N) is 1. The van der Waals surface area contributed by atoms with Gasteiger partial charge in [0.1, 0.15) is 11.8 Å². The van der Waals surface area contributed by atoms with Gasteiger partial charge in [0, 0.05) is 50.1 Å². The van der Waals surface area contributed by atoms with Crippen LogP contribution >= 0.6 is 0 Å². The second-order valence-electron chi connectivity index (χ2n) is 13.5. The number of nitrogens with one attached hydrogen (secondary N) is 2. The number of hydrogen-bond donors (Lipinski definition) is 5. The highest BCUT2D eigenvalue weighted by Crippen LogP contribution is 2.33. The zero-order chi connectivity index (χ0) is 32.7. The van der Waals surface area contributed by atoms with Crippen molar-refractivity contribution >= 4 is 29.2 Å². The Balaban J connectivity index is 1.15. The molecule has 3 atom stereocenters. The molecule has 1 aromatic heterocycles. The Bertz CT molecular complexity index is 1340. The quantitative estimate of drug-likeness (QED) is 0.236. The SMILES string of the molecule is C[C@@H]1C[C@@H](O)CN1C(=O)[C@@H](NC(=O)CCCCCNC(=O)C1CCN(c2cc(-c3ccccc3O)nnc2N)CC1)C(C)(C)C. The Labute approximate surface area is 265 Å². The van der Waals surface area contributed by atoms with Gasteiger partial charge in [0.15, 0.2) is 5.82 Å². The van der Waals surface area contributed by atoms with Crippen molar-refractivity contribution in [1.82, 2.24) is 25.7 Å². The van der Waals surface area contributed by atoms with Crippen molar-refractivity contribution in [2.24, 2.45) is 11.3 Å². The van der Waals surface area contributed by atoms with Crippen molar-refractivity contribution in [3.8, 4) is 17.0 Å². The summed E-state index contributed by atoms with van der Waals surface area (Å²) in [6, 6.07) is 8.07. The van der Waals surface area contributed by atoms with Gasteiger partial charge in [0.2, 0.25) is 17.7 Å². The van der Waals surface area contributed by atoms with E-state index in [-0.39, 0.29) is 35.4 Å². The molecule has 3 heterocycles. The van der Waals surface area contributed by atoms with Gasteiger partial charge in [-0.25, -0.2) is 0 Å². The molecule has 0 aliphatic carbocycles.